The summed E-state index contributed by atoms with van der Waals surface area (Å²) in [7, 11) is -3.70. The summed E-state index contributed by atoms with van der Waals surface area (Å²) in [6.45, 7) is 4.79. The van der Waals surface area contributed by atoms with Gasteiger partial charge in [0.15, 0.2) is 0 Å². The highest BCUT2D eigenvalue weighted by Crippen LogP contribution is 2.34. The first-order valence-corrected chi connectivity index (χ1v) is 13.3. The average molecular weight is 485 g/mol. The van der Waals surface area contributed by atoms with Crippen molar-refractivity contribution in [2.24, 2.45) is 5.92 Å². The standard InChI is InChI=1S/C24H28N4O3S2/c1-3-27-17-23(18(2)26-27)33(30,31)28-15-9-10-19(16-28)24(29)25-21-13-7-8-14-22(21)32-20-11-5-4-6-12-20/h4-8,11-14,17,19H,3,9-10,15-16H2,1-2H3,(H,25,29)/t19-/m1/s1. The SMILES string of the molecule is CCn1cc(S(=O)(=O)N2CCC[C@@H](C(=O)Nc3ccccc3Sc3ccccc3)C2)c(C)n1. The minimum atomic E-state index is -3.70. The van der Waals surface area contributed by atoms with Gasteiger partial charge in [-0.1, -0.05) is 42.1 Å². The van der Waals surface area contributed by atoms with Crippen LogP contribution in [-0.4, -0.2) is 41.5 Å². The van der Waals surface area contributed by atoms with Crippen molar-refractivity contribution in [1.29, 1.82) is 0 Å². The summed E-state index contributed by atoms with van der Waals surface area (Å²) in [6, 6.07) is 17.6. The fourth-order valence-electron chi connectivity index (χ4n) is 3.94. The molecule has 0 spiro atoms. The molecule has 2 aromatic carbocycles. The van der Waals surface area contributed by atoms with Crippen molar-refractivity contribution >= 4 is 33.4 Å². The molecule has 1 fully saturated rings. The zero-order valence-electron chi connectivity index (χ0n) is 18.8. The fraction of sp³-hybridized carbons (Fsp3) is 0.333. The van der Waals surface area contributed by atoms with Crippen molar-refractivity contribution in [3.05, 3.63) is 66.5 Å². The number of hydrogen-bond acceptors (Lipinski definition) is 5. The summed E-state index contributed by atoms with van der Waals surface area (Å²) in [5.41, 5.74) is 1.21. The first-order valence-electron chi connectivity index (χ1n) is 11.1. The van der Waals surface area contributed by atoms with Crippen LogP contribution in [0.15, 0.2) is 75.5 Å². The third kappa shape index (κ3) is 5.31. The van der Waals surface area contributed by atoms with Crippen LogP contribution in [-0.2, 0) is 21.4 Å². The van der Waals surface area contributed by atoms with Gasteiger partial charge in [0.1, 0.15) is 4.90 Å². The van der Waals surface area contributed by atoms with Crippen molar-refractivity contribution in [1.82, 2.24) is 14.1 Å². The van der Waals surface area contributed by atoms with Gasteiger partial charge in [-0.15, -0.1) is 0 Å². The van der Waals surface area contributed by atoms with E-state index in [2.05, 4.69) is 10.4 Å². The van der Waals surface area contributed by atoms with Gasteiger partial charge >= 0.3 is 0 Å². The summed E-state index contributed by atoms with van der Waals surface area (Å²) in [4.78, 5) is 15.4. The second kappa shape index (κ2) is 10.1. The van der Waals surface area contributed by atoms with Crippen LogP contribution in [0.2, 0.25) is 0 Å². The monoisotopic (exact) mass is 484 g/mol. The normalized spacial score (nSPS) is 17.1. The highest BCUT2D eigenvalue weighted by molar-refractivity contribution is 7.99. The lowest BCUT2D eigenvalue weighted by atomic mass is 9.99. The van der Waals surface area contributed by atoms with Gasteiger partial charge in [-0.05, 0) is 51.0 Å². The highest BCUT2D eigenvalue weighted by Gasteiger charge is 2.35. The molecule has 1 saturated heterocycles. The largest absolute Gasteiger partial charge is 0.325 e. The van der Waals surface area contributed by atoms with Gasteiger partial charge in [-0.2, -0.15) is 9.40 Å². The number of nitrogens with one attached hydrogen (secondary N) is 1. The Hall–Kier alpha value is -2.62. The van der Waals surface area contributed by atoms with Crippen molar-refractivity contribution in [3.8, 4) is 0 Å². The highest BCUT2D eigenvalue weighted by atomic mass is 32.2. The molecule has 1 aliphatic heterocycles. The van der Waals surface area contributed by atoms with Crippen LogP contribution in [0.1, 0.15) is 25.5 Å². The lowest BCUT2D eigenvalue weighted by molar-refractivity contribution is -0.120. The lowest BCUT2D eigenvalue weighted by Crippen LogP contribution is -2.43. The number of anilines is 1. The Morgan fingerprint density at radius 2 is 1.88 bits per heavy atom. The van der Waals surface area contributed by atoms with Crippen LogP contribution in [0.5, 0.6) is 0 Å². The number of aromatic nitrogens is 2. The van der Waals surface area contributed by atoms with E-state index in [1.165, 1.54) is 4.31 Å². The van der Waals surface area contributed by atoms with Crippen molar-refractivity contribution in [2.45, 2.75) is 47.9 Å². The number of para-hydroxylation sites is 1. The molecular weight excluding hydrogens is 456 g/mol. The number of benzene rings is 2. The predicted molar refractivity (Wildman–Crippen MR) is 130 cm³/mol. The quantitative estimate of drug-likeness (QED) is 0.537. The van der Waals surface area contributed by atoms with Crippen LogP contribution in [0, 0.1) is 12.8 Å². The van der Waals surface area contributed by atoms with Crippen LogP contribution >= 0.6 is 11.8 Å². The first-order chi connectivity index (χ1) is 15.9. The Morgan fingerprint density at radius 1 is 1.15 bits per heavy atom. The van der Waals surface area contributed by atoms with E-state index in [0.29, 0.717) is 31.6 Å². The summed E-state index contributed by atoms with van der Waals surface area (Å²) in [5.74, 6) is -0.568. The molecule has 1 aliphatic rings. The van der Waals surface area contributed by atoms with Crippen molar-refractivity contribution in [2.75, 3.05) is 18.4 Å². The molecule has 3 aromatic rings. The molecule has 0 saturated carbocycles. The van der Waals surface area contributed by atoms with Gasteiger partial charge in [0.05, 0.1) is 17.3 Å². The number of carbonyl (C=O) groups excluding carboxylic acids is 1. The average Bonchev–Trinajstić information content (AvgIpc) is 3.22. The Morgan fingerprint density at radius 3 is 2.61 bits per heavy atom. The number of hydrogen-bond donors (Lipinski definition) is 1. The summed E-state index contributed by atoms with van der Waals surface area (Å²) < 4.78 is 29.6. The maximum atomic E-state index is 13.3. The number of piperidine rings is 1. The van der Waals surface area contributed by atoms with E-state index in [-0.39, 0.29) is 17.3 Å². The third-order valence-corrected chi connectivity index (χ3v) is 8.77. The van der Waals surface area contributed by atoms with Crippen LogP contribution < -0.4 is 5.32 Å². The van der Waals surface area contributed by atoms with Crippen LogP contribution in [0.25, 0.3) is 0 Å². The molecule has 2 heterocycles. The second-order valence-electron chi connectivity index (χ2n) is 8.04. The van der Waals surface area contributed by atoms with Gasteiger partial charge in [0.25, 0.3) is 0 Å². The molecule has 0 bridgehead atoms. The van der Waals surface area contributed by atoms with Gasteiger partial charge in [-0.25, -0.2) is 8.42 Å². The summed E-state index contributed by atoms with van der Waals surface area (Å²) in [6.07, 6.45) is 2.86. The smallest absolute Gasteiger partial charge is 0.246 e. The van der Waals surface area contributed by atoms with E-state index in [0.717, 1.165) is 15.5 Å². The topological polar surface area (TPSA) is 84.3 Å². The Balaban J connectivity index is 1.48. The van der Waals surface area contributed by atoms with Crippen molar-refractivity contribution in [3.63, 3.8) is 0 Å². The van der Waals surface area contributed by atoms with Crippen molar-refractivity contribution < 1.29 is 13.2 Å². The molecule has 174 valence electrons. The molecule has 33 heavy (non-hydrogen) atoms. The first kappa shape index (κ1) is 23.5. The fourth-order valence-corrected chi connectivity index (χ4v) is 6.55. The minimum Gasteiger partial charge on any atom is -0.325 e. The third-order valence-electron chi connectivity index (χ3n) is 5.71. The number of aryl methyl sites for hydroxylation is 2. The zero-order valence-corrected chi connectivity index (χ0v) is 20.4. The number of nitrogens with zero attached hydrogens (tertiary/aromatic N) is 3. The Labute approximate surface area is 199 Å². The van der Waals surface area contributed by atoms with E-state index >= 15 is 0 Å². The molecule has 9 heteroatoms. The second-order valence-corrected chi connectivity index (χ2v) is 11.1. The van der Waals surface area contributed by atoms with E-state index in [1.807, 2.05) is 61.5 Å². The number of rotatable bonds is 7. The maximum absolute atomic E-state index is 13.3. The van der Waals surface area contributed by atoms with E-state index in [1.54, 1.807) is 29.6 Å². The molecule has 7 nitrogen and oxygen atoms in total. The number of amides is 1. The molecule has 0 radical (unpaired) electrons. The molecule has 1 N–H and O–H groups in total. The predicted octanol–water partition coefficient (Wildman–Crippen LogP) is 4.40. The molecular formula is C24H28N4O3S2. The van der Waals surface area contributed by atoms with E-state index in [4.69, 9.17) is 0 Å². The Bertz CT molecular complexity index is 1230. The molecule has 1 aromatic heterocycles. The molecule has 0 aliphatic carbocycles. The summed E-state index contributed by atoms with van der Waals surface area (Å²) in [5, 5.41) is 7.31. The van der Waals surface area contributed by atoms with E-state index < -0.39 is 15.9 Å². The Kier molecular flexibility index (Phi) is 7.21. The number of carbonyl (C=O) groups is 1. The maximum Gasteiger partial charge on any atom is 0.246 e. The molecule has 1 amide bonds. The number of sulfonamides is 1. The van der Waals surface area contributed by atoms with Crippen LogP contribution in [0.4, 0.5) is 5.69 Å². The molecule has 0 unspecified atom stereocenters. The van der Waals surface area contributed by atoms with E-state index in [9.17, 15) is 13.2 Å². The zero-order chi connectivity index (χ0) is 23.4. The summed E-state index contributed by atoms with van der Waals surface area (Å²) >= 11 is 1.58. The van der Waals surface area contributed by atoms with Gasteiger partial charge in [0.2, 0.25) is 15.9 Å². The molecule has 1 atom stereocenters. The van der Waals surface area contributed by atoms with Crippen LogP contribution in [0.3, 0.4) is 0 Å². The lowest BCUT2D eigenvalue weighted by Gasteiger charge is -2.31. The molecule has 4 rings (SSSR count). The minimum absolute atomic E-state index is 0.156. The van der Waals surface area contributed by atoms with Gasteiger partial charge in [0, 0.05) is 35.6 Å². The van der Waals surface area contributed by atoms with Gasteiger partial charge < -0.3 is 5.32 Å². The van der Waals surface area contributed by atoms with Gasteiger partial charge in [-0.3, -0.25) is 9.48 Å².